The number of rotatable bonds is 4. The van der Waals surface area contributed by atoms with Crippen LogP contribution >= 0.6 is 0 Å². The number of aromatic nitrogens is 2. The zero-order valence-electron chi connectivity index (χ0n) is 10.8. The van der Waals surface area contributed by atoms with Gasteiger partial charge in [-0.2, -0.15) is 0 Å². The van der Waals surface area contributed by atoms with Crippen LogP contribution in [0.2, 0.25) is 0 Å². The molecule has 0 aliphatic heterocycles. The molecule has 0 bridgehead atoms. The van der Waals surface area contributed by atoms with Crippen LogP contribution in [-0.4, -0.2) is 40.0 Å². The summed E-state index contributed by atoms with van der Waals surface area (Å²) >= 11 is 0. The molecule has 2 rings (SSSR count). The third kappa shape index (κ3) is 2.67. The number of ether oxygens (including phenoxy) is 1. The molecule has 0 unspecified atom stereocenters. The van der Waals surface area contributed by atoms with Crippen molar-refractivity contribution in [2.45, 2.75) is 6.54 Å². The van der Waals surface area contributed by atoms with Gasteiger partial charge in [-0.25, -0.2) is 4.98 Å². The van der Waals surface area contributed by atoms with Gasteiger partial charge in [0.05, 0.1) is 19.2 Å². The number of methoxy groups -OCH3 is 1. The quantitative estimate of drug-likeness (QED) is 0.872. The Morgan fingerprint density at radius 3 is 2.95 bits per heavy atom. The Kier molecular flexibility index (Phi) is 3.70. The molecule has 6 nitrogen and oxygen atoms in total. The van der Waals surface area contributed by atoms with E-state index < -0.39 is 0 Å². The van der Waals surface area contributed by atoms with Crippen molar-refractivity contribution in [2.75, 3.05) is 14.2 Å². The molecule has 0 aliphatic carbocycles. The van der Waals surface area contributed by atoms with Crippen molar-refractivity contribution >= 4 is 5.91 Å². The van der Waals surface area contributed by atoms with Crippen molar-refractivity contribution < 1.29 is 14.6 Å². The summed E-state index contributed by atoms with van der Waals surface area (Å²) in [4.78, 5) is 20.7. The van der Waals surface area contributed by atoms with E-state index in [1.54, 1.807) is 37.6 Å². The number of hydrogen-bond donors (Lipinski definition) is 2. The normalized spacial score (nSPS) is 10.2. The molecule has 6 heteroatoms. The fraction of sp³-hybridized carbons (Fsp3) is 0.231. The second-order valence-corrected chi connectivity index (χ2v) is 4.05. The summed E-state index contributed by atoms with van der Waals surface area (Å²) in [6.07, 6.45) is 3.31. The number of amides is 1. The molecule has 0 saturated carbocycles. The van der Waals surface area contributed by atoms with E-state index in [0.717, 1.165) is 0 Å². The summed E-state index contributed by atoms with van der Waals surface area (Å²) in [5.74, 6) is 0.504. The molecular formula is C13H15N3O3. The average Bonchev–Trinajstić information content (AvgIpc) is 2.91. The van der Waals surface area contributed by atoms with Gasteiger partial charge in [0.1, 0.15) is 5.82 Å². The molecule has 0 aliphatic rings. The number of aromatic amines is 1. The highest BCUT2D eigenvalue weighted by atomic mass is 16.5. The number of H-pyrrole nitrogens is 1. The first-order chi connectivity index (χ1) is 9.13. The topological polar surface area (TPSA) is 78.5 Å². The molecule has 2 aromatic rings. The summed E-state index contributed by atoms with van der Waals surface area (Å²) in [6.45, 7) is 0.336. The fourth-order valence-electron chi connectivity index (χ4n) is 1.75. The van der Waals surface area contributed by atoms with Gasteiger partial charge in [-0.05, 0) is 12.1 Å². The first kappa shape index (κ1) is 12.9. The van der Waals surface area contributed by atoms with Crippen molar-refractivity contribution in [2.24, 2.45) is 0 Å². The molecule has 0 radical (unpaired) electrons. The van der Waals surface area contributed by atoms with Crippen molar-refractivity contribution in [3.63, 3.8) is 0 Å². The zero-order chi connectivity index (χ0) is 13.8. The minimum atomic E-state index is -0.298. The molecule has 2 N–H and O–H groups in total. The zero-order valence-corrected chi connectivity index (χ0v) is 10.8. The number of para-hydroxylation sites is 1. The smallest absolute Gasteiger partial charge is 0.257 e. The van der Waals surface area contributed by atoms with Gasteiger partial charge in [-0.15, -0.1) is 0 Å². The lowest BCUT2D eigenvalue weighted by atomic mass is 10.1. The Morgan fingerprint density at radius 1 is 1.53 bits per heavy atom. The van der Waals surface area contributed by atoms with E-state index in [4.69, 9.17) is 4.74 Å². The Bertz CT molecular complexity index is 567. The minimum absolute atomic E-state index is 0.152. The number of nitrogens with zero attached hydrogens (tertiary/aromatic N) is 2. The summed E-state index contributed by atoms with van der Waals surface area (Å²) in [5, 5.41) is 9.94. The first-order valence-corrected chi connectivity index (χ1v) is 5.73. The Balaban J connectivity index is 2.19. The van der Waals surface area contributed by atoms with E-state index in [0.29, 0.717) is 12.4 Å². The number of phenols is 1. The molecular weight excluding hydrogens is 246 g/mol. The highest BCUT2D eigenvalue weighted by Gasteiger charge is 2.18. The number of phenolic OH excluding ortho intramolecular Hbond substituents is 1. The molecule has 0 saturated heterocycles. The van der Waals surface area contributed by atoms with E-state index in [1.807, 2.05) is 0 Å². The van der Waals surface area contributed by atoms with Crippen molar-refractivity contribution in [3.05, 3.63) is 42.0 Å². The molecule has 1 amide bonds. The molecule has 1 aromatic heterocycles. The van der Waals surface area contributed by atoms with Crippen molar-refractivity contribution in [1.82, 2.24) is 14.9 Å². The minimum Gasteiger partial charge on any atom is -0.504 e. The van der Waals surface area contributed by atoms with Crippen LogP contribution in [0.15, 0.2) is 30.6 Å². The van der Waals surface area contributed by atoms with Crippen molar-refractivity contribution in [3.8, 4) is 11.5 Å². The van der Waals surface area contributed by atoms with Crippen molar-refractivity contribution in [1.29, 1.82) is 0 Å². The van der Waals surface area contributed by atoms with Crippen LogP contribution in [0.25, 0.3) is 0 Å². The van der Waals surface area contributed by atoms with Crippen LogP contribution in [0.1, 0.15) is 16.2 Å². The first-order valence-electron chi connectivity index (χ1n) is 5.73. The molecule has 0 fully saturated rings. The predicted molar refractivity (Wildman–Crippen MR) is 69.0 cm³/mol. The Morgan fingerprint density at radius 2 is 2.32 bits per heavy atom. The number of benzene rings is 1. The highest BCUT2D eigenvalue weighted by molar-refractivity contribution is 5.97. The number of nitrogens with one attached hydrogen (secondary N) is 1. The van der Waals surface area contributed by atoms with Gasteiger partial charge in [0, 0.05) is 19.4 Å². The molecule has 0 atom stereocenters. The Labute approximate surface area is 110 Å². The molecule has 100 valence electrons. The average molecular weight is 261 g/mol. The number of carbonyl (C=O) groups is 1. The van der Waals surface area contributed by atoms with Gasteiger partial charge in [0.15, 0.2) is 11.5 Å². The monoisotopic (exact) mass is 261 g/mol. The van der Waals surface area contributed by atoms with Crippen LogP contribution in [0.5, 0.6) is 11.5 Å². The largest absolute Gasteiger partial charge is 0.504 e. The molecule has 1 aromatic carbocycles. The third-order valence-electron chi connectivity index (χ3n) is 2.74. The molecule has 0 spiro atoms. The van der Waals surface area contributed by atoms with Gasteiger partial charge in [-0.1, -0.05) is 6.07 Å². The molecule has 1 heterocycles. The summed E-state index contributed by atoms with van der Waals surface area (Å²) in [5.41, 5.74) is 0.202. The van der Waals surface area contributed by atoms with Gasteiger partial charge in [0.2, 0.25) is 0 Å². The van der Waals surface area contributed by atoms with Gasteiger partial charge < -0.3 is 19.7 Å². The number of carbonyl (C=O) groups excluding carboxylic acids is 1. The second-order valence-electron chi connectivity index (χ2n) is 4.05. The molecule has 19 heavy (non-hydrogen) atoms. The highest BCUT2D eigenvalue weighted by Crippen LogP contribution is 2.30. The number of aromatic hydroxyl groups is 1. The van der Waals surface area contributed by atoms with Crippen LogP contribution in [0.3, 0.4) is 0 Å². The predicted octanol–water partition coefficient (Wildman–Crippen LogP) is 1.40. The van der Waals surface area contributed by atoms with Crippen LogP contribution in [0.4, 0.5) is 0 Å². The van der Waals surface area contributed by atoms with Gasteiger partial charge in [0.25, 0.3) is 5.91 Å². The second kappa shape index (κ2) is 5.43. The lowest BCUT2D eigenvalue weighted by molar-refractivity contribution is 0.0778. The number of hydrogen-bond acceptors (Lipinski definition) is 4. The van der Waals surface area contributed by atoms with Crippen LogP contribution < -0.4 is 4.74 Å². The third-order valence-corrected chi connectivity index (χ3v) is 2.74. The van der Waals surface area contributed by atoms with Gasteiger partial charge >= 0.3 is 0 Å². The summed E-state index contributed by atoms with van der Waals surface area (Å²) in [7, 11) is 3.08. The van der Waals surface area contributed by atoms with Gasteiger partial charge in [-0.3, -0.25) is 4.79 Å². The summed E-state index contributed by atoms with van der Waals surface area (Å²) in [6, 6.07) is 4.81. The lowest BCUT2D eigenvalue weighted by Crippen LogP contribution is -2.26. The number of imidazole rings is 1. The lowest BCUT2D eigenvalue weighted by Gasteiger charge is -2.17. The fourth-order valence-corrected chi connectivity index (χ4v) is 1.75. The van der Waals surface area contributed by atoms with E-state index >= 15 is 0 Å². The van der Waals surface area contributed by atoms with E-state index in [9.17, 15) is 9.90 Å². The van der Waals surface area contributed by atoms with E-state index in [2.05, 4.69) is 9.97 Å². The van der Waals surface area contributed by atoms with Crippen LogP contribution in [-0.2, 0) is 6.54 Å². The maximum absolute atomic E-state index is 12.2. The van der Waals surface area contributed by atoms with E-state index in [-0.39, 0.29) is 23.0 Å². The Hall–Kier alpha value is -2.50. The van der Waals surface area contributed by atoms with Crippen LogP contribution in [0, 0.1) is 0 Å². The maximum Gasteiger partial charge on any atom is 0.257 e. The van der Waals surface area contributed by atoms with E-state index in [1.165, 1.54) is 12.0 Å². The summed E-state index contributed by atoms with van der Waals surface area (Å²) < 4.78 is 4.98. The standard InChI is InChI=1S/C13H15N3O3/c1-16(8-11-14-6-7-15-11)13(18)9-4-3-5-10(19-2)12(9)17/h3-7,17H,8H2,1-2H3,(H,14,15). The maximum atomic E-state index is 12.2. The SMILES string of the molecule is COc1cccc(C(=O)N(C)Cc2ncc[nH]2)c1O.